The van der Waals surface area contributed by atoms with Gasteiger partial charge in [-0.15, -0.1) is 0 Å². The van der Waals surface area contributed by atoms with Crippen molar-refractivity contribution in [3.63, 3.8) is 0 Å². The molecule has 9 heteroatoms. The van der Waals surface area contributed by atoms with Gasteiger partial charge in [0.25, 0.3) is 0 Å². The second-order valence-corrected chi connectivity index (χ2v) is 2.95. The normalized spacial score (nSPS) is 12.9. The fraction of sp³-hybridized carbons (Fsp3) is 0.500. The molecule has 0 unspecified atom stereocenters. The minimum Gasteiger partial charge on any atom is -0.403 e. The fourth-order valence-electron chi connectivity index (χ4n) is 0.0875. The first-order valence-electron chi connectivity index (χ1n) is 1.69. The molecule has 0 aliphatic carbocycles. The van der Waals surface area contributed by atoms with E-state index in [0.717, 1.165) is 0 Å². The maximum atomic E-state index is 11.0. The van der Waals surface area contributed by atoms with Crippen molar-refractivity contribution in [2.45, 2.75) is 5.51 Å². The van der Waals surface area contributed by atoms with Crippen LogP contribution in [0.5, 0.6) is 0 Å². The van der Waals surface area contributed by atoms with Crippen molar-refractivity contribution in [1.82, 2.24) is 0 Å². The standard InChI is InChI=1S/C2F5O2S.Li/c3-1(4)10(8,9)2(5,6)7;/q-1;+1. The van der Waals surface area contributed by atoms with Crippen LogP contribution in [0.2, 0.25) is 0 Å². The zero-order valence-electron chi connectivity index (χ0n) is 5.11. The first-order chi connectivity index (χ1) is 4.19. The molecule has 0 aromatic heterocycles. The number of sulfone groups is 1. The van der Waals surface area contributed by atoms with E-state index in [-0.39, 0.29) is 18.9 Å². The van der Waals surface area contributed by atoms with E-state index in [9.17, 15) is 30.4 Å². The van der Waals surface area contributed by atoms with Gasteiger partial charge < -0.3 is 8.78 Å². The van der Waals surface area contributed by atoms with Crippen molar-refractivity contribution in [1.29, 1.82) is 0 Å². The summed E-state index contributed by atoms with van der Waals surface area (Å²) in [4.78, 5) is 0. The van der Waals surface area contributed by atoms with Crippen molar-refractivity contribution in [2.75, 3.05) is 0 Å². The predicted octanol–water partition coefficient (Wildman–Crippen LogP) is -1.69. The van der Waals surface area contributed by atoms with Gasteiger partial charge in [-0.3, -0.25) is 0 Å². The Morgan fingerprint density at radius 1 is 1.09 bits per heavy atom. The molecule has 0 heterocycles. The van der Waals surface area contributed by atoms with Gasteiger partial charge in [-0.2, -0.15) is 13.2 Å². The average Bonchev–Trinajstić information content (AvgIpc) is 1.62. The van der Waals surface area contributed by atoms with E-state index in [0.29, 0.717) is 0 Å². The largest absolute Gasteiger partial charge is 1.00 e. The molecule has 0 aromatic carbocycles. The Balaban J connectivity index is 0. The van der Waals surface area contributed by atoms with Gasteiger partial charge in [0.05, 0.1) is 0 Å². The fourth-order valence-corrected chi connectivity index (χ4v) is 0.262. The molecule has 0 aromatic rings. The predicted molar refractivity (Wildman–Crippen MR) is 20.4 cm³/mol. The summed E-state index contributed by atoms with van der Waals surface area (Å²) >= 11 is 0. The molecule has 0 fully saturated rings. The monoisotopic (exact) mass is 190 g/mol. The molecule has 0 atom stereocenters. The molecule has 0 spiro atoms. The van der Waals surface area contributed by atoms with E-state index < -0.39 is 21.1 Å². The maximum absolute atomic E-state index is 11.0. The smallest absolute Gasteiger partial charge is 0.403 e. The summed E-state index contributed by atoms with van der Waals surface area (Å²) in [6, 6.07) is 0. The molecule has 0 saturated heterocycles. The first kappa shape index (κ1) is 13.8. The molecule has 11 heavy (non-hydrogen) atoms. The average molecular weight is 190 g/mol. The zero-order chi connectivity index (χ0) is 8.58. The summed E-state index contributed by atoms with van der Waals surface area (Å²) in [6.07, 6.45) is 0. The molecule has 0 saturated carbocycles. The van der Waals surface area contributed by atoms with E-state index in [1.54, 1.807) is 0 Å². The van der Waals surface area contributed by atoms with Crippen molar-refractivity contribution < 1.29 is 49.2 Å². The molecule has 0 amide bonds. The van der Waals surface area contributed by atoms with Crippen LogP contribution in [-0.4, -0.2) is 13.9 Å². The second-order valence-electron chi connectivity index (χ2n) is 1.17. The van der Waals surface area contributed by atoms with Gasteiger partial charge in [0.1, 0.15) is 5.76 Å². The Labute approximate surface area is 70.9 Å². The van der Waals surface area contributed by atoms with Crippen molar-refractivity contribution in [2.24, 2.45) is 0 Å². The number of alkyl halides is 3. The van der Waals surface area contributed by atoms with Crippen LogP contribution in [0.4, 0.5) is 22.0 Å². The number of hydrogen-bond acceptors (Lipinski definition) is 2. The van der Waals surface area contributed by atoms with Gasteiger partial charge in [0.15, 0.2) is 9.84 Å². The van der Waals surface area contributed by atoms with E-state index in [1.165, 1.54) is 0 Å². The van der Waals surface area contributed by atoms with Gasteiger partial charge in [0, 0.05) is 0 Å². The summed E-state index contributed by atoms with van der Waals surface area (Å²) in [5.74, 6) is -3.64. The summed E-state index contributed by atoms with van der Waals surface area (Å²) < 4.78 is 73.7. The van der Waals surface area contributed by atoms with Gasteiger partial charge in [-0.25, -0.2) is 8.42 Å². The van der Waals surface area contributed by atoms with Crippen LogP contribution in [0.3, 0.4) is 0 Å². The van der Waals surface area contributed by atoms with Gasteiger partial charge in [-0.05, 0) is 0 Å². The minimum absolute atomic E-state index is 0. The van der Waals surface area contributed by atoms with Crippen LogP contribution >= 0.6 is 0 Å². The van der Waals surface area contributed by atoms with E-state index >= 15 is 0 Å². The minimum atomic E-state index is -6.33. The SMILES string of the molecule is O=S(=O)([C-](F)F)C(F)(F)F.[Li+]. The molecule has 0 aliphatic rings. The molecule has 2 nitrogen and oxygen atoms in total. The molecule has 62 valence electrons. The van der Waals surface area contributed by atoms with E-state index in [2.05, 4.69) is 0 Å². The second kappa shape index (κ2) is 3.73. The van der Waals surface area contributed by atoms with E-state index in [4.69, 9.17) is 0 Å². The Bertz CT molecular complexity index is 205. The molecule has 0 bridgehead atoms. The van der Waals surface area contributed by atoms with Crippen LogP contribution in [0.25, 0.3) is 0 Å². The van der Waals surface area contributed by atoms with Gasteiger partial charge in [0.2, 0.25) is 0 Å². The van der Waals surface area contributed by atoms with E-state index in [1.807, 2.05) is 0 Å². The summed E-state index contributed by atoms with van der Waals surface area (Å²) in [5, 5.41) is 0. The molecule has 0 radical (unpaired) electrons. The number of rotatable bonds is 1. The quantitative estimate of drug-likeness (QED) is 0.281. The van der Waals surface area contributed by atoms with Crippen molar-refractivity contribution >= 4 is 9.84 Å². The topological polar surface area (TPSA) is 34.1 Å². The van der Waals surface area contributed by atoms with Crippen LogP contribution in [0.1, 0.15) is 0 Å². The Morgan fingerprint density at radius 3 is 1.36 bits per heavy atom. The third-order valence-electron chi connectivity index (χ3n) is 0.508. The Kier molecular flexibility index (Phi) is 4.67. The van der Waals surface area contributed by atoms with Crippen LogP contribution < -0.4 is 18.9 Å². The molecular weight excluding hydrogens is 190 g/mol. The third-order valence-corrected chi connectivity index (χ3v) is 1.52. The molecular formula is C2F5LiO2S. The number of halogens is 5. The molecule has 0 N–H and O–H groups in total. The Hall–Kier alpha value is 0.197. The van der Waals surface area contributed by atoms with Gasteiger partial charge in [-0.1, -0.05) is 0 Å². The van der Waals surface area contributed by atoms with Crippen molar-refractivity contribution in [3.05, 3.63) is 5.76 Å². The van der Waals surface area contributed by atoms with Crippen LogP contribution in [0.15, 0.2) is 0 Å². The summed E-state index contributed by atoms with van der Waals surface area (Å²) in [6.45, 7) is 0. The summed E-state index contributed by atoms with van der Waals surface area (Å²) in [5.41, 5.74) is -5.90. The Morgan fingerprint density at radius 2 is 1.36 bits per heavy atom. The maximum Gasteiger partial charge on any atom is 1.00 e. The third kappa shape index (κ3) is 2.97. The zero-order valence-corrected chi connectivity index (χ0v) is 5.93. The van der Waals surface area contributed by atoms with Crippen LogP contribution in [0, 0.1) is 5.76 Å². The summed E-state index contributed by atoms with van der Waals surface area (Å²) in [7, 11) is -6.33. The molecule has 0 aliphatic heterocycles. The first-order valence-corrected chi connectivity index (χ1v) is 3.17. The molecule has 0 rings (SSSR count). The van der Waals surface area contributed by atoms with Crippen molar-refractivity contribution in [3.8, 4) is 0 Å². The number of hydrogen-bond donors (Lipinski definition) is 0. The van der Waals surface area contributed by atoms with Crippen LogP contribution in [-0.2, 0) is 9.84 Å². The van der Waals surface area contributed by atoms with Gasteiger partial charge >= 0.3 is 24.4 Å².